The van der Waals surface area contributed by atoms with Crippen LogP contribution in [0.2, 0.25) is 0 Å². The molecule has 0 aliphatic carbocycles. The molecule has 2 aromatic rings. The number of aromatic nitrogens is 1. The van der Waals surface area contributed by atoms with Crippen LogP contribution in [0.4, 0.5) is 10.2 Å². The van der Waals surface area contributed by atoms with E-state index < -0.39 is 11.3 Å². The molecule has 7 heteroatoms. The van der Waals surface area contributed by atoms with Gasteiger partial charge < -0.3 is 10.6 Å². The molecule has 0 bridgehead atoms. The minimum Gasteiger partial charge on any atom is -0.343 e. The standard InChI is InChI=1S/C18H18FN3O2S/c1-11-6-7-16(20-9-11)22-17(23)14-10-25-15(18(24)21-14)8-12-4-2-3-5-13(12)19/h2-7,9,14-15H,8,10H2,1H3,(H,21,24)(H,20,22,23)/t14-,15+/m0/s1. The number of nitrogens with one attached hydrogen (secondary N) is 2. The van der Waals surface area contributed by atoms with Crippen LogP contribution in [0.25, 0.3) is 0 Å². The van der Waals surface area contributed by atoms with E-state index in [0.717, 1.165) is 5.56 Å². The molecule has 0 spiro atoms. The molecule has 0 radical (unpaired) electrons. The van der Waals surface area contributed by atoms with Crippen molar-refractivity contribution in [3.05, 3.63) is 59.5 Å². The molecule has 1 aromatic carbocycles. The molecule has 2 heterocycles. The third-order valence-electron chi connectivity index (χ3n) is 3.92. The third kappa shape index (κ3) is 4.36. The molecule has 0 unspecified atom stereocenters. The number of nitrogens with zero attached hydrogens (tertiary/aromatic N) is 1. The first-order chi connectivity index (χ1) is 12.0. The largest absolute Gasteiger partial charge is 0.343 e. The Hall–Kier alpha value is -2.41. The van der Waals surface area contributed by atoms with Crippen LogP contribution in [0.1, 0.15) is 11.1 Å². The number of carbonyl (C=O) groups excluding carboxylic acids is 2. The normalized spacial score (nSPS) is 20.0. The number of anilines is 1. The number of aryl methyl sites for hydroxylation is 1. The van der Waals surface area contributed by atoms with Gasteiger partial charge in [-0.15, -0.1) is 11.8 Å². The number of pyridine rings is 1. The van der Waals surface area contributed by atoms with E-state index >= 15 is 0 Å². The van der Waals surface area contributed by atoms with Crippen LogP contribution >= 0.6 is 11.8 Å². The molecule has 1 aromatic heterocycles. The molecule has 3 rings (SSSR count). The number of amides is 2. The predicted octanol–water partition coefficient (Wildman–Crippen LogP) is 2.31. The minimum atomic E-state index is -0.627. The molecule has 25 heavy (non-hydrogen) atoms. The lowest BCUT2D eigenvalue weighted by Crippen LogP contribution is -2.52. The number of benzene rings is 1. The van der Waals surface area contributed by atoms with Crippen LogP contribution in [0, 0.1) is 12.7 Å². The van der Waals surface area contributed by atoms with Gasteiger partial charge in [0.25, 0.3) is 0 Å². The summed E-state index contributed by atoms with van der Waals surface area (Å²) in [7, 11) is 0. The number of carbonyl (C=O) groups is 2. The number of halogens is 1. The highest BCUT2D eigenvalue weighted by atomic mass is 32.2. The van der Waals surface area contributed by atoms with E-state index in [1.54, 1.807) is 30.5 Å². The summed E-state index contributed by atoms with van der Waals surface area (Å²) >= 11 is 1.36. The molecule has 1 saturated heterocycles. The zero-order chi connectivity index (χ0) is 17.8. The maximum Gasteiger partial charge on any atom is 0.248 e. The summed E-state index contributed by atoms with van der Waals surface area (Å²) in [5.41, 5.74) is 1.50. The second kappa shape index (κ2) is 7.65. The van der Waals surface area contributed by atoms with Crippen molar-refractivity contribution in [1.82, 2.24) is 10.3 Å². The van der Waals surface area contributed by atoms with Crippen LogP contribution in [0.5, 0.6) is 0 Å². The molecular weight excluding hydrogens is 341 g/mol. The van der Waals surface area contributed by atoms with Gasteiger partial charge in [0.05, 0.1) is 5.25 Å². The molecule has 1 aliphatic heterocycles. The van der Waals surface area contributed by atoms with Crippen molar-refractivity contribution in [3.8, 4) is 0 Å². The van der Waals surface area contributed by atoms with Gasteiger partial charge in [-0.25, -0.2) is 9.37 Å². The van der Waals surface area contributed by atoms with Crippen molar-refractivity contribution in [3.63, 3.8) is 0 Å². The van der Waals surface area contributed by atoms with Gasteiger partial charge in [0, 0.05) is 11.9 Å². The van der Waals surface area contributed by atoms with Gasteiger partial charge in [0.15, 0.2) is 0 Å². The van der Waals surface area contributed by atoms with Crippen LogP contribution < -0.4 is 10.6 Å². The van der Waals surface area contributed by atoms with E-state index in [4.69, 9.17) is 0 Å². The summed E-state index contributed by atoms with van der Waals surface area (Å²) in [6.45, 7) is 1.91. The second-order valence-corrected chi connectivity index (χ2v) is 7.12. The van der Waals surface area contributed by atoms with Crippen LogP contribution in [-0.2, 0) is 16.0 Å². The first kappa shape index (κ1) is 17.4. The summed E-state index contributed by atoms with van der Waals surface area (Å²) in [5.74, 6) is 0.00494. The van der Waals surface area contributed by atoms with Crippen molar-refractivity contribution >= 4 is 29.4 Å². The Kier molecular flexibility index (Phi) is 5.33. The Morgan fingerprint density at radius 1 is 1.36 bits per heavy atom. The van der Waals surface area contributed by atoms with Crippen LogP contribution in [-0.4, -0.2) is 33.8 Å². The lowest BCUT2D eigenvalue weighted by molar-refractivity contribution is -0.126. The maximum atomic E-state index is 13.7. The van der Waals surface area contributed by atoms with E-state index in [-0.39, 0.29) is 17.6 Å². The summed E-state index contributed by atoms with van der Waals surface area (Å²) in [6, 6.07) is 9.35. The van der Waals surface area contributed by atoms with Crippen molar-refractivity contribution in [2.75, 3.05) is 11.1 Å². The fraction of sp³-hybridized carbons (Fsp3) is 0.278. The van der Waals surface area contributed by atoms with Gasteiger partial charge in [-0.05, 0) is 36.6 Å². The Bertz CT molecular complexity index is 782. The number of hydrogen-bond donors (Lipinski definition) is 2. The van der Waals surface area contributed by atoms with Crippen LogP contribution in [0.15, 0.2) is 42.6 Å². The highest BCUT2D eigenvalue weighted by Crippen LogP contribution is 2.23. The quantitative estimate of drug-likeness (QED) is 0.879. The van der Waals surface area contributed by atoms with Gasteiger partial charge in [-0.2, -0.15) is 0 Å². The van der Waals surface area contributed by atoms with E-state index in [1.165, 1.54) is 17.8 Å². The molecule has 1 aliphatic rings. The second-order valence-electron chi connectivity index (χ2n) is 5.89. The Labute approximate surface area is 149 Å². The SMILES string of the molecule is Cc1ccc(NC(=O)[C@@H]2CS[C@H](Cc3ccccc3F)C(=O)N2)nc1. The Morgan fingerprint density at radius 3 is 2.84 bits per heavy atom. The van der Waals surface area contributed by atoms with Crippen molar-refractivity contribution in [2.24, 2.45) is 0 Å². The number of rotatable bonds is 4. The average molecular weight is 359 g/mol. The minimum absolute atomic E-state index is 0.253. The van der Waals surface area contributed by atoms with E-state index in [1.807, 2.05) is 13.0 Å². The maximum absolute atomic E-state index is 13.7. The molecule has 1 fully saturated rings. The topological polar surface area (TPSA) is 71.1 Å². The van der Waals surface area contributed by atoms with E-state index in [2.05, 4.69) is 15.6 Å². The third-order valence-corrected chi connectivity index (χ3v) is 5.22. The van der Waals surface area contributed by atoms with E-state index in [9.17, 15) is 14.0 Å². The summed E-state index contributed by atoms with van der Waals surface area (Å²) in [6.07, 6.45) is 1.96. The van der Waals surface area contributed by atoms with Crippen LogP contribution in [0.3, 0.4) is 0 Å². The monoisotopic (exact) mass is 359 g/mol. The molecule has 2 amide bonds. The molecule has 5 nitrogen and oxygen atoms in total. The first-order valence-electron chi connectivity index (χ1n) is 7.92. The number of hydrogen-bond acceptors (Lipinski definition) is 4. The highest BCUT2D eigenvalue weighted by Gasteiger charge is 2.32. The van der Waals surface area contributed by atoms with Crippen molar-refractivity contribution in [2.45, 2.75) is 24.6 Å². The highest BCUT2D eigenvalue weighted by molar-refractivity contribution is 8.00. The first-order valence-corrected chi connectivity index (χ1v) is 8.96. The molecular formula is C18H18FN3O2S. The van der Waals surface area contributed by atoms with Gasteiger partial charge >= 0.3 is 0 Å². The lowest BCUT2D eigenvalue weighted by atomic mass is 10.1. The van der Waals surface area contributed by atoms with Crippen molar-refractivity contribution < 1.29 is 14.0 Å². The molecule has 130 valence electrons. The lowest BCUT2D eigenvalue weighted by Gasteiger charge is -2.28. The molecule has 0 saturated carbocycles. The smallest absolute Gasteiger partial charge is 0.248 e. The predicted molar refractivity (Wildman–Crippen MR) is 95.9 cm³/mol. The molecule has 2 atom stereocenters. The van der Waals surface area contributed by atoms with Gasteiger partial charge in [0.2, 0.25) is 11.8 Å². The Morgan fingerprint density at radius 2 is 2.16 bits per heavy atom. The fourth-order valence-corrected chi connectivity index (χ4v) is 3.68. The van der Waals surface area contributed by atoms with Gasteiger partial charge in [-0.1, -0.05) is 24.3 Å². The Balaban J connectivity index is 1.57. The summed E-state index contributed by atoms with van der Waals surface area (Å²) in [5, 5.41) is 5.01. The van der Waals surface area contributed by atoms with Gasteiger partial charge in [0.1, 0.15) is 17.7 Å². The number of thioether (sulfide) groups is 1. The van der Waals surface area contributed by atoms with Crippen molar-refractivity contribution in [1.29, 1.82) is 0 Å². The average Bonchev–Trinajstić information content (AvgIpc) is 2.60. The zero-order valence-corrected chi connectivity index (χ0v) is 14.5. The molecule has 2 N–H and O–H groups in total. The summed E-state index contributed by atoms with van der Waals surface area (Å²) in [4.78, 5) is 28.7. The summed E-state index contributed by atoms with van der Waals surface area (Å²) < 4.78 is 13.7. The van der Waals surface area contributed by atoms with E-state index in [0.29, 0.717) is 23.6 Å². The zero-order valence-electron chi connectivity index (χ0n) is 13.7. The fourth-order valence-electron chi connectivity index (χ4n) is 2.51. The van der Waals surface area contributed by atoms with Gasteiger partial charge in [-0.3, -0.25) is 9.59 Å².